The van der Waals surface area contributed by atoms with E-state index in [4.69, 9.17) is 18.9 Å². The molecule has 0 aliphatic carbocycles. The van der Waals surface area contributed by atoms with Crippen LogP contribution in [0.2, 0.25) is 0 Å². The molecule has 0 saturated heterocycles. The minimum Gasteiger partial charge on any atom is -0.493 e. The van der Waals surface area contributed by atoms with Gasteiger partial charge in [-0.2, -0.15) is 0 Å². The average Bonchev–Trinajstić information content (AvgIpc) is 2.69. The van der Waals surface area contributed by atoms with E-state index in [2.05, 4.69) is 5.32 Å². The smallest absolute Gasteiger partial charge is 0.203 e. The molecule has 0 spiro atoms. The van der Waals surface area contributed by atoms with Gasteiger partial charge in [0.1, 0.15) is 12.4 Å². The predicted octanol–water partition coefficient (Wildman–Crippen LogP) is 2.56. The third-order valence-electron chi connectivity index (χ3n) is 4.26. The highest BCUT2D eigenvalue weighted by Crippen LogP contribution is 2.36. The van der Waals surface area contributed by atoms with E-state index < -0.39 is 0 Å². The minimum atomic E-state index is -0.189. The molecule has 1 atom stereocenters. The summed E-state index contributed by atoms with van der Waals surface area (Å²) in [6.07, 6.45) is 0. The highest BCUT2D eigenvalue weighted by atomic mass is 16.5. The second kappa shape index (κ2) is 8.58. The second-order valence-corrected chi connectivity index (χ2v) is 5.91. The Morgan fingerprint density at radius 1 is 1.08 bits per heavy atom. The quantitative estimate of drug-likeness (QED) is 0.733. The van der Waals surface area contributed by atoms with Crippen LogP contribution in [0.3, 0.4) is 0 Å². The summed E-state index contributed by atoms with van der Waals surface area (Å²) in [7, 11) is 3.18. The third kappa shape index (κ3) is 3.91. The molecule has 0 aromatic heterocycles. The first-order valence-electron chi connectivity index (χ1n) is 8.55. The van der Waals surface area contributed by atoms with Gasteiger partial charge in [-0.15, -0.1) is 0 Å². The third-order valence-corrected chi connectivity index (χ3v) is 4.26. The molecule has 1 N–H and O–H groups in total. The van der Waals surface area contributed by atoms with Crippen molar-refractivity contribution in [2.24, 2.45) is 5.92 Å². The van der Waals surface area contributed by atoms with Gasteiger partial charge in [-0.1, -0.05) is 18.2 Å². The van der Waals surface area contributed by atoms with Crippen molar-refractivity contribution in [2.75, 3.05) is 40.5 Å². The van der Waals surface area contributed by atoms with E-state index in [-0.39, 0.29) is 11.7 Å². The number of carbonyl (C=O) groups is 1. The van der Waals surface area contributed by atoms with Crippen LogP contribution in [-0.4, -0.2) is 46.3 Å². The van der Waals surface area contributed by atoms with Crippen molar-refractivity contribution in [3.63, 3.8) is 0 Å². The van der Waals surface area contributed by atoms with Gasteiger partial charge in [-0.05, 0) is 24.3 Å². The largest absolute Gasteiger partial charge is 0.493 e. The fraction of sp³-hybridized carbons (Fsp3) is 0.350. The Kier molecular flexibility index (Phi) is 5.96. The molecule has 1 heterocycles. The topological polar surface area (TPSA) is 66.0 Å². The molecule has 0 amide bonds. The molecule has 6 heteroatoms. The molecule has 138 valence electrons. The molecule has 1 aliphatic heterocycles. The molecular weight excluding hydrogens is 334 g/mol. The molecule has 26 heavy (non-hydrogen) atoms. The summed E-state index contributed by atoms with van der Waals surface area (Å²) in [5, 5.41) is 3.25. The van der Waals surface area contributed by atoms with E-state index in [1.165, 1.54) is 0 Å². The minimum absolute atomic E-state index is 0.117. The Hall–Kier alpha value is -2.73. The van der Waals surface area contributed by atoms with Crippen LogP contribution in [-0.2, 0) is 0 Å². The van der Waals surface area contributed by atoms with Crippen LogP contribution in [0.5, 0.6) is 23.0 Å². The fourth-order valence-corrected chi connectivity index (χ4v) is 2.89. The number of para-hydroxylation sites is 2. The van der Waals surface area contributed by atoms with Crippen LogP contribution in [0.4, 0.5) is 0 Å². The van der Waals surface area contributed by atoms with E-state index in [0.717, 1.165) is 0 Å². The molecular formula is C20H23NO5. The molecule has 0 unspecified atom stereocenters. The van der Waals surface area contributed by atoms with E-state index >= 15 is 0 Å². The van der Waals surface area contributed by atoms with E-state index in [1.54, 1.807) is 20.3 Å². The summed E-state index contributed by atoms with van der Waals surface area (Å²) < 4.78 is 22.1. The number of methoxy groups -OCH3 is 2. The molecule has 2 aromatic rings. The van der Waals surface area contributed by atoms with Crippen LogP contribution in [0.1, 0.15) is 10.4 Å². The maximum absolute atomic E-state index is 12.5. The first kappa shape index (κ1) is 18.1. The molecule has 0 radical (unpaired) electrons. The average molecular weight is 357 g/mol. The lowest BCUT2D eigenvalue weighted by Gasteiger charge is -2.24. The number of hydrogen-bond donors (Lipinski definition) is 1. The summed E-state index contributed by atoms with van der Waals surface area (Å²) in [6, 6.07) is 12.8. The summed E-state index contributed by atoms with van der Waals surface area (Å²) in [4.78, 5) is 12.5. The van der Waals surface area contributed by atoms with E-state index in [0.29, 0.717) is 54.9 Å². The SMILES string of the molecule is COc1cccc(OC)c1OCCNC[C@@H]1COc2ccccc2C1=O. The van der Waals surface area contributed by atoms with Gasteiger partial charge in [0, 0.05) is 13.1 Å². The van der Waals surface area contributed by atoms with Crippen molar-refractivity contribution in [1.29, 1.82) is 0 Å². The Morgan fingerprint density at radius 3 is 2.54 bits per heavy atom. The number of hydrogen-bond acceptors (Lipinski definition) is 6. The molecule has 0 saturated carbocycles. The Morgan fingerprint density at radius 2 is 1.81 bits per heavy atom. The lowest BCUT2D eigenvalue weighted by Crippen LogP contribution is -2.37. The maximum atomic E-state index is 12.5. The van der Waals surface area contributed by atoms with E-state index in [9.17, 15) is 4.79 Å². The van der Waals surface area contributed by atoms with Gasteiger partial charge in [-0.25, -0.2) is 0 Å². The summed E-state index contributed by atoms with van der Waals surface area (Å²) in [5.41, 5.74) is 0.653. The van der Waals surface area contributed by atoms with Crippen molar-refractivity contribution >= 4 is 5.78 Å². The number of rotatable bonds is 8. The normalized spacial score (nSPS) is 15.8. The highest BCUT2D eigenvalue weighted by molar-refractivity contribution is 6.01. The van der Waals surface area contributed by atoms with Crippen molar-refractivity contribution < 1.29 is 23.7 Å². The van der Waals surface area contributed by atoms with Gasteiger partial charge in [-0.3, -0.25) is 4.79 Å². The lowest BCUT2D eigenvalue weighted by molar-refractivity contribution is 0.0828. The van der Waals surface area contributed by atoms with Crippen molar-refractivity contribution in [3.8, 4) is 23.0 Å². The monoisotopic (exact) mass is 357 g/mol. The number of benzene rings is 2. The van der Waals surface area contributed by atoms with Crippen molar-refractivity contribution in [3.05, 3.63) is 48.0 Å². The van der Waals surface area contributed by atoms with Gasteiger partial charge in [0.2, 0.25) is 5.75 Å². The highest BCUT2D eigenvalue weighted by Gasteiger charge is 2.27. The lowest BCUT2D eigenvalue weighted by atomic mass is 9.95. The van der Waals surface area contributed by atoms with Crippen LogP contribution in [0, 0.1) is 5.92 Å². The number of ether oxygens (including phenoxy) is 4. The van der Waals surface area contributed by atoms with Crippen LogP contribution >= 0.6 is 0 Å². The first-order valence-corrected chi connectivity index (χ1v) is 8.55. The Bertz CT molecular complexity index is 739. The van der Waals surface area contributed by atoms with Gasteiger partial charge in [0.05, 0.1) is 32.3 Å². The molecule has 0 bridgehead atoms. The summed E-state index contributed by atoms with van der Waals surface area (Å²) >= 11 is 0. The molecule has 1 aliphatic rings. The first-order chi connectivity index (χ1) is 12.7. The summed E-state index contributed by atoms with van der Waals surface area (Å²) in [6.45, 7) is 1.95. The van der Waals surface area contributed by atoms with Gasteiger partial charge < -0.3 is 24.3 Å². The Labute approximate surface area is 153 Å². The van der Waals surface area contributed by atoms with Crippen LogP contribution in [0.25, 0.3) is 0 Å². The van der Waals surface area contributed by atoms with E-state index in [1.807, 2.05) is 36.4 Å². The maximum Gasteiger partial charge on any atom is 0.203 e. The van der Waals surface area contributed by atoms with Gasteiger partial charge >= 0.3 is 0 Å². The van der Waals surface area contributed by atoms with Gasteiger partial charge in [0.15, 0.2) is 17.3 Å². The van der Waals surface area contributed by atoms with Crippen molar-refractivity contribution in [2.45, 2.75) is 0 Å². The second-order valence-electron chi connectivity index (χ2n) is 5.91. The zero-order chi connectivity index (χ0) is 18.4. The zero-order valence-electron chi connectivity index (χ0n) is 15.0. The predicted molar refractivity (Wildman–Crippen MR) is 97.7 cm³/mol. The number of ketones is 1. The van der Waals surface area contributed by atoms with Gasteiger partial charge in [0.25, 0.3) is 0 Å². The molecule has 6 nitrogen and oxygen atoms in total. The standard InChI is InChI=1S/C20H23NO5/c1-23-17-8-5-9-18(24-2)20(17)25-11-10-21-12-14-13-26-16-7-4-3-6-15(16)19(14)22/h3-9,14,21H,10-13H2,1-2H3/t14-/m1/s1. The number of fused-ring (bicyclic) bond motifs is 1. The molecule has 3 rings (SSSR count). The molecule has 0 fully saturated rings. The van der Waals surface area contributed by atoms with Crippen LogP contribution in [0.15, 0.2) is 42.5 Å². The number of carbonyl (C=O) groups excluding carboxylic acids is 1. The Balaban J connectivity index is 1.48. The van der Waals surface area contributed by atoms with Crippen molar-refractivity contribution in [1.82, 2.24) is 5.32 Å². The zero-order valence-corrected chi connectivity index (χ0v) is 15.0. The van der Waals surface area contributed by atoms with Crippen LogP contribution < -0.4 is 24.3 Å². The molecule has 2 aromatic carbocycles. The summed E-state index contributed by atoms with van der Waals surface area (Å²) in [5.74, 6) is 2.41. The number of nitrogens with one attached hydrogen (secondary N) is 1. The fourth-order valence-electron chi connectivity index (χ4n) is 2.89. The number of Topliss-reactive ketones (excluding diaryl/α,β-unsaturated/α-hetero) is 1.